The summed E-state index contributed by atoms with van der Waals surface area (Å²) in [7, 11) is -3.62. The summed E-state index contributed by atoms with van der Waals surface area (Å²) in [5.41, 5.74) is 0. The highest BCUT2D eigenvalue weighted by Gasteiger charge is 2.14. The van der Waals surface area contributed by atoms with Gasteiger partial charge in [-0.05, 0) is 24.3 Å². The number of halogens is 1. The fraction of sp³-hybridized carbons (Fsp3) is 0.125. The molecule has 1 amide bonds. The third-order valence-corrected chi connectivity index (χ3v) is 3.35. The molecule has 1 aromatic rings. The SMILES string of the molecule is O=C(O)NCS(=O)(=O)c1ccc(Cl)cc1. The van der Waals surface area contributed by atoms with Crippen molar-refractivity contribution >= 4 is 27.5 Å². The second kappa shape index (κ2) is 4.50. The van der Waals surface area contributed by atoms with Gasteiger partial charge in [0.15, 0.2) is 9.84 Å². The summed E-state index contributed by atoms with van der Waals surface area (Å²) in [6.07, 6.45) is -1.38. The van der Waals surface area contributed by atoms with Gasteiger partial charge < -0.3 is 10.4 Å². The van der Waals surface area contributed by atoms with Crippen LogP contribution in [0.5, 0.6) is 0 Å². The standard InChI is InChI=1S/C8H8ClNO4S/c9-6-1-3-7(4-2-6)15(13,14)5-10-8(11)12/h1-4,10H,5H2,(H,11,12). The molecular weight excluding hydrogens is 242 g/mol. The Hall–Kier alpha value is -1.27. The lowest BCUT2D eigenvalue weighted by atomic mass is 10.4. The van der Waals surface area contributed by atoms with Crippen LogP contribution in [0, 0.1) is 0 Å². The van der Waals surface area contributed by atoms with Crippen molar-refractivity contribution in [1.82, 2.24) is 5.32 Å². The molecule has 82 valence electrons. The molecule has 0 radical (unpaired) electrons. The molecule has 0 saturated carbocycles. The first kappa shape index (κ1) is 11.8. The highest BCUT2D eigenvalue weighted by Crippen LogP contribution is 2.14. The van der Waals surface area contributed by atoms with Crippen molar-refractivity contribution in [3.05, 3.63) is 29.3 Å². The van der Waals surface area contributed by atoms with E-state index in [0.29, 0.717) is 5.02 Å². The van der Waals surface area contributed by atoms with E-state index in [-0.39, 0.29) is 4.90 Å². The predicted molar refractivity (Wildman–Crippen MR) is 54.7 cm³/mol. The zero-order valence-corrected chi connectivity index (χ0v) is 9.05. The molecule has 0 aliphatic carbocycles. The largest absolute Gasteiger partial charge is 0.465 e. The summed E-state index contributed by atoms with van der Waals surface area (Å²) in [5.74, 6) is -0.649. The third-order valence-electron chi connectivity index (χ3n) is 1.59. The van der Waals surface area contributed by atoms with Gasteiger partial charge in [-0.25, -0.2) is 13.2 Å². The fourth-order valence-corrected chi connectivity index (χ4v) is 2.04. The van der Waals surface area contributed by atoms with E-state index >= 15 is 0 Å². The van der Waals surface area contributed by atoms with Gasteiger partial charge in [-0.2, -0.15) is 0 Å². The first-order valence-corrected chi connectivity index (χ1v) is 5.90. The number of rotatable bonds is 3. The molecule has 0 spiro atoms. The van der Waals surface area contributed by atoms with Crippen molar-refractivity contribution < 1.29 is 18.3 Å². The van der Waals surface area contributed by atoms with Crippen molar-refractivity contribution in [2.45, 2.75) is 4.90 Å². The lowest BCUT2D eigenvalue weighted by Gasteiger charge is -2.03. The number of hydrogen-bond donors (Lipinski definition) is 2. The molecule has 0 bridgehead atoms. The summed E-state index contributed by atoms with van der Waals surface area (Å²) in [6, 6.07) is 5.49. The fourth-order valence-electron chi connectivity index (χ4n) is 0.882. The summed E-state index contributed by atoms with van der Waals surface area (Å²) in [4.78, 5) is 10.2. The smallest absolute Gasteiger partial charge is 0.405 e. The number of carboxylic acid groups (broad SMARTS) is 1. The second-order valence-corrected chi connectivity index (χ2v) is 5.12. The maximum atomic E-state index is 11.5. The van der Waals surface area contributed by atoms with Crippen LogP contribution in [0.15, 0.2) is 29.2 Å². The monoisotopic (exact) mass is 249 g/mol. The Bertz CT molecular complexity index is 454. The van der Waals surface area contributed by atoms with Gasteiger partial charge in [-0.1, -0.05) is 11.6 Å². The van der Waals surface area contributed by atoms with Crippen molar-refractivity contribution in [1.29, 1.82) is 0 Å². The van der Waals surface area contributed by atoms with E-state index in [4.69, 9.17) is 16.7 Å². The Balaban J connectivity index is 2.87. The first-order chi connectivity index (χ1) is 6.92. The third kappa shape index (κ3) is 3.41. The molecule has 0 aliphatic rings. The maximum Gasteiger partial charge on any atom is 0.405 e. The molecule has 0 saturated heterocycles. The molecule has 7 heteroatoms. The number of benzene rings is 1. The van der Waals surface area contributed by atoms with Gasteiger partial charge in [0.2, 0.25) is 0 Å². The lowest BCUT2D eigenvalue weighted by Crippen LogP contribution is -2.27. The minimum absolute atomic E-state index is 0.0284. The van der Waals surface area contributed by atoms with E-state index in [9.17, 15) is 13.2 Å². The molecule has 0 unspecified atom stereocenters. The Morgan fingerprint density at radius 1 is 1.33 bits per heavy atom. The molecule has 0 aliphatic heterocycles. The van der Waals surface area contributed by atoms with Crippen molar-refractivity contribution in [3.63, 3.8) is 0 Å². The molecular formula is C8H8ClNO4S. The number of sulfone groups is 1. The Labute approximate surface area is 91.6 Å². The molecule has 1 rings (SSSR count). The second-order valence-electron chi connectivity index (χ2n) is 2.69. The van der Waals surface area contributed by atoms with Gasteiger partial charge in [0.05, 0.1) is 4.90 Å². The number of hydrogen-bond acceptors (Lipinski definition) is 3. The van der Waals surface area contributed by atoms with E-state index in [1.54, 1.807) is 5.32 Å². The minimum atomic E-state index is -3.62. The molecule has 2 N–H and O–H groups in total. The highest BCUT2D eigenvalue weighted by atomic mass is 35.5. The first-order valence-electron chi connectivity index (χ1n) is 3.87. The van der Waals surface area contributed by atoms with Crippen LogP contribution in [0.2, 0.25) is 5.02 Å². The molecule has 5 nitrogen and oxygen atoms in total. The average Bonchev–Trinajstić information content (AvgIpc) is 2.16. The van der Waals surface area contributed by atoms with Crippen molar-refractivity contribution in [3.8, 4) is 0 Å². The van der Waals surface area contributed by atoms with E-state index in [1.165, 1.54) is 24.3 Å². The predicted octanol–water partition coefficient (Wildman–Crippen LogP) is 1.34. The van der Waals surface area contributed by atoms with Crippen LogP contribution in [-0.4, -0.2) is 25.5 Å². The van der Waals surface area contributed by atoms with Crippen LogP contribution in [0.1, 0.15) is 0 Å². The summed E-state index contributed by atoms with van der Waals surface area (Å²) in [5, 5.41) is 10.5. The number of nitrogens with one attached hydrogen (secondary N) is 1. The Morgan fingerprint density at radius 3 is 2.33 bits per heavy atom. The van der Waals surface area contributed by atoms with Crippen molar-refractivity contribution in [2.24, 2.45) is 0 Å². The quantitative estimate of drug-likeness (QED) is 0.847. The van der Waals surface area contributed by atoms with E-state index in [0.717, 1.165) is 0 Å². The van der Waals surface area contributed by atoms with E-state index in [2.05, 4.69) is 0 Å². The zero-order valence-electron chi connectivity index (χ0n) is 7.47. The molecule has 0 aromatic heterocycles. The topological polar surface area (TPSA) is 83.5 Å². The molecule has 1 aromatic carbocycles. The average molecular weight is 250 g/mol. The Morgan fingerprint density at radius 2 is 1.87 bits per heavy atom. The summed E-state index contributed by atoms with van der Waals surface area (Å²) < 4.78 is 23.0. The number of carbonyl (C=O) groups is 1. The van der Waals surface area contributed by atoms with Crippen LogP contribution in [-0.2, 0) is 9.84 Å². The Kier molecular flexibility index (Phi) is 3.54. The summed E-state index contributed by atoms with van der Waals surface area (Å²) >= 11 is 5.58. The van der Waals surface area contributed by atoms with Gasteiger partial charge in [0.25, 0.3) is 0 Å². The number of amides is 1. The lowest BCUT2D eigenvalue weighted by molar-refractivity contribution is 0.196. The van der Waals surface area contributed by atoms with Crippen LogP contribution < -0.4 is 5.32 Å². The minimum Gasteiger partial charge on any atom is -0.465 e. The van der Waals surface area contributed by atoms with Gasteiger partial charge in [-0.15, -0.1) is 0 Å². The van der Waals surface area contributed by atoms with Crippen LogP contribution in [0.25, 0.3) is 0 Å². The summed E-state index contributed by atoms with van der Waals surface area (Å²) in [6.45, 7) is 0. The molecule has 0 fully saturated rings. The van der Waals surface area contributed by atoms with Crippen molar-refractivity contribution in [2.75, 3.05) is 5.88 Å². The maximum absolute atomic E-state index is 11.5. The van der Waals surface area contributed by atoms with Gasteiger partial charge >= 0.3 is 6.09 Å². The van der Waals surface area contributed by atoms with Gasteiger partial charge in [-0.3, -0.25) is 0 Å². The van der Waals surface area contributed by atoms with E-state index < -0.39 is 21.8 Å². The van der Waals surface area contributed by atoms with E-state index in [1.807, 2.05) is 0 Å². The van der Waals surface area contributed by atoms with Gasteiger partial charge in [0.1, 0.15) is 5.88 Å². The highest BCUT2D eigenvalue weighted by molar-refractivity contribution is 7.91. The molecule has 0 heterocycles. The normalized spacial score (nSPS) is 11.0. The molecule has 0 atom stereocenters. The molecule has 15 heavy (non-hydrogen) atoms. The van der Waals surface area contributed by atoms with Crippen LogP contribution >= 0.6 is 11.6 Å². The van der Waals surface area contributed by atoms with Crippen LogP contribution in [0.4, 0.5) is 4.79 Å². The van der Waals surface area contributed by atoms with Crippen LogP contribution in [0.3, 0.4) is 0 Å². The van der Waals surface area contributed by atoms with Gasteiger partial charge in [0, 0.05) is 5.02 Å². The zero-order chi connectivity index (χ0) is 11.5.